The van der Waals surface area contributed by atoms with Crippen LogP contribution in [0, 0.1) is 12.7 Å². The molecule has 1 heterocycles. The van der Waals surface area contributed by atoms with Crippen molar-refractivity contribution in [2.45, 2.75) is 32.3 Å². The van der Waals surface area contributed by atoms with E-state index in [1.54, 1.807) is 11.0 Å². The largest absolute Gasteiger partial charge is 0.396 e. The Morgan fingerprint density at radius 1 is 1.43 bits per heavy atom. The molecular formula is C16H22FNO3. The molecule has 2 rings (SSSR count). The highest BCUT2D eigenvalue weighted by atomic mass is 19.1. The molecule has 116 valence electrons. The fraction of sp³-hybridized carbons (Fsp3) is 0.562. The monoisotopic (exact) mass is 295 g/mol. The van der Waals surface area contributed by atoms with Crippen molar-refractivity contribution in [3.05, 3.63) is 35.1 Å². The van der Waals surface area contributed by atoms with Gasteiger partial charge < -0.3 is 14.7 Å². The van der Waals surface area contributed by atoms with Gasteiger partial charge in [0.05, 0.1) is 6.10 Å². The number of nitrogens with zero attached hydrogens (tertiary/aromatic N) is 1. The number of halogens is 1. The van der Waals surface area contributed by atoms with E-state index in [2.05, 4.69) is 0 Å². The molecule has 0 bridgehead atoms. The highest BCUT2D eigenvalue weighted by Crippen LogP contribution is 2.19. The summed E-state index contributed by atoms with van der Waals surface area (Å²) in [4.78, 5) is 14.2. The molecule has 5 heteroatoms. The molecule has 1 aromatic rings. The van der Waals surface area contributed by atoms with E-state index in [9.17, 15) is 9.18 Å². The summed E-state index contributed by atoms with van der Waals surface area (Å²) in [5, 5.41) is 8.72. The summed E-state index contributed by atoms with van der Waals surface area (Å²) < 4.78 is 18.9. The van der Waals surface area contributed by atoms with E-state index in [4.69, 9.17) is 9.84 Å². The molecule has 1 N–H and O–H groups in total. The molecule has 1 amide bonds. The first-order chi connectivity index (χ1) is 10.1. The molecule has 4 nitrogen and oxygen atoms in total. The predicted octanol–water partition coefficient (Wildman–Crippen LogP) is 2.14. The van der Waals surface area contributed by atoms with Gasteiger partial charge in [-0.1, -0.05) is 6.07 Å². The SMILES string of the molecule is Cc1ccc(F)cc1C(=O)N1CCC(OCCCO)CC1. The Morgan fingerprint density at radius 2 is 2.14 bits per heavy atom. The minimum atomic E-state index is -0.383. The highest BCUT2D eigenvalue weighted by molar-refractivity contribution is 5.95. The summed E-state index contributed by atoms with van der Waals surface area (Å²) in [7, 11) is 0. The second-order valence-corrected chi connectivity index (χ2v) is 5.40. The normalized spacial score (nSPS) is 16.2. The van der Waals surface area contributed by atoms with Crippen molar-refractivity contribution in [3.8, 4) is 0 Å². The third kappa shape index (κ3) is 4.25. The molecular weight excluding hydrogens is 273 g/mol. The van der Waals surface area contributed by atoms with Crippen LogP contribution in [0.1, 0.15) is 35.2 Å². The Labute approximate surface area is 124 Å². The third-order valence-corrected chi connectivity index (χ3v) is 3.82. The Hall–Kier alpha value is -1.46. The number of aliphatic hydroxyl groups excluding tert-OH is 1. The molecule has 0 atom stereocenters. The van der Waals surface area contributed by atoms with Crippen LogP contribution >= 0.6 is 0 Å². The lowest BCUT2D eigenvalue weighted by atomic mass is 10.0. The Balaban J connectivity index is 1.89. The Morgan fingerprint density at radius 3 is 2.81 bits per heavy atom. The van der Waals surface area contributed by atoms with Crippen molar-refractivity contribution in [2.75, 3.05) is 26.3 Å². The zero-order valence-corrected chi connectivity index (χ0v) is 12.3. The molecule has 1 aliphatic rings. The zero-order valence-electron chi connectivity index (χ0n) is 12.3. The first kappa shape index (κ1) is 15.9. The quantitative estimate of drug-likeness (QED) is 0.847. The van der Waals surface area contributed by atoms with E-state index in [0.29, 0.717) is 31.7 Å². The maximum atomic E-state index is 13.3. The van der Waals surface area contributed by atoms with Gasteiger partial charge in [-0.2, -0.15) is 0 Å². The minimum absolute atomic E-state index is 0.110. The number of piperidine rings is 1. The maximum absolute atomic E-state index is 13.3. The lowest BCUT2D eigenvalue weighted by molar-refractivity contribution is 0.00395. The van der Waals surface area contributed by atoms with Crippen LogP contribution in [0.2, 0.25) is 0 Å². The van der Waals surface area contributed by atoms with Crippen LogP contribution in [-0.4, -0.2) is 48.3 Å². The van der Waals surface area contributed by atoms with Crippen molar-refractivity contribution in [1.29, 1.82) is 0 Å². The van der Waals surface area contributed by atoms with Crippen molar-refractivity contribution < 1.29 is 19.0 Å². The smallest absolute Gasteiger partial charge is 0.254 e. The summed E-state index contributed by atoms with van der Waals surface area (Å²) in [6, 6.07) is 4.31. The third-order valence-electron chi connectivity index (χ3n) is 3.82. The number of likely N-dealkylation sites (tertiary alicyclic amines) is 1. The number of ether oxygens (including phenoxy) is 1. The van der Waals surface area contributed by atoms with Crippen molar-refractivity contribution >= 4 is 5.91 Å². The number of benzene rings is 1. The van der Waals surface area contributed by atoms with Crippen LogP contribution in [0.15, 0.2) is 18.2 Å². The maximum Gasteiger partial charge on any atom is 0.254 e. The fourth-order valence-corrected chi connectivity index (χ4v) is 2.54. The standard InChI is InChI=1S/C16H22FNO3/c1-12-3-4-13(17)11-15(12)16(20)18-7-5-14(6-8-18)21-10-2-9-19/h3-4,11,14,19H,2,5-10H2,1H3. The van der Waals surface area contributed by atoms with Crippen molar-refractivity contribution in [2.24, 2.45) is 0 Å². The zero-order chi connectivity index (χ0) is 15.2. The number of aliphatic hydroxyl groups is 1. The van der Waals surface area contributed by atoms with E-state index >= 15 is 0 Å². The summed E-state index contributed by atoms with van der Waals surface area (Å²) in [6.07, 6.45) is 2.35. The van der Waals surface area contributed by atoms with Crippen LogP contribution in [0.3, 0.4) is 0 Å². The molecule has 0 aliphatic carbocycles. The average molecular weight is 295 g/mol. The van der Waals surface area contributed by atoms with E-state index in [1.807, 2.05) is 6.92 Å². The van der Waals surface area contributed by atoms with Crippen LogP contribution in [0.5, 0.6) is 0 Å². The molecule has 0 saturated carbocycles. The number of carbonyl (C=O) groups is 1. The van der Waals surface area contributed by atoms with E-state index in [1.165, 1.54) is 12.1 Å². The second-order valence-electron chi connectivity index (χ2n) is 5.40. The van der Waals surface area contributed by atoms with Gasteiger partial charge in [0.15, 0.2) is 0 Å². The van der Waals surface area contributed by atoms with Crippen LogP contribution in [0.25, 0.3) is 0 Å². The summed E-state index contributed by atoms with van der Waals surface area (Å²) in [5.41, 5.74) is 1.23. The lowest BCUT2D eigenvalue weighted by Gasteiger charge is -2.32. The molecule has 1 saturated heterocycles. The van der Waals surface area contributed by atoms with Gasteiger partial charge in [0.2, 0.25) is 0 Å². The first-order valence-electron chi connectivity index (χ1n) is 7.39. The van der Waals surface area contributed by atoms with Gasteiger partial charge in [0.1, 0.15) is 5.82 Å². The van der Waals surface area contributed by atoms with Crippen LogP contribution < -0.4 is 0 Å². The summed E-state index contributed by atoms with van der Waals surface area (Å²) >= 11 is 0. The minimum Gasteiger partial charge on any atom is -0.396 e. The Bertz CT molecular complexity index is 484. The molecule has 0 spiro atoms. The van der Waals surface area contributed by atoms with Crippen LogP contribution in [-0.2, 0) is 4.74 Å². The molecule has 1 aliphatic heterocycles. The number of carbonyl (C=O) groups excluding carboxylic acids is 1. The molecule has 1 fully saturated rings. The number of amides is 1. The highest BCUT2D eigenvalue weighted by Gasteiger charge is 2.25. The second kappa shape index (κ2) is 7.52. The average Bonchev–Trinajstić information content (AvgIpc) is 2.50. The van der Waals surface area contributed by atoms with Gasteiger partial charge in [-0.15, -0.1) is 0 Å². The molecule has 0 aromatic heterocycles. The van der Waals surface area contributed by atoms with Gasteiger partial charge >= 0.3 is 0 Å². The summed E-state index contributed by atoms with van der Waals surface area (Å²) in [5.74, 6) is -0.494. The first-order valence-corrected chi connectivity index (χ1v) is 7.39. The van der Waals surface area contributed by atoms with Gasteiger partial charge in [0.25, 0.3) is 5.91 Å². The van der Waals surface area contributed by atoms with Gasteiger partial charge in [-0.25, -0.2) is 4.39 Å². The number of rotatable bonds is 5. The Kier molecular flexibility index (Phi) is 5.70. The van der Waals surface area contributed by atoms with E-state index in [-0.39, 0.29) is 24.4 Å². The molecule has 21 heavy (non-hydrogen) atoms. The van der Waals surface area contributed by atoms with Crippen molar-refractivity contribution in [3.63, 3.8) is 0 Å². The summed E-state index contributed by atoms with van der Waals surface area (Å²) in [6.45, 7) is 3.75. The number of aryl methyl sites for hydroxylation is 1. The molecule has 0 unspecified atom stereocenters. The van der Waals surface area contributed by atoms with Gasteiger partial charge in [-0.3, -0.25) is 4.79 Å². The van der Waals surface area contributed by atoms with E-state index in [0.717, 1.165) is 18.4 Å². The topological polar surface area (TPSA) is 49.8 Å². The van der Waals surface area contributed by atoms with Gasteiger partial charge in [-0.05, 0) is 43.9 Å². The van der Waals surface area contributed by atoms with E-state index < -0.39 is 0 Å². The lowest BCUT2D eigenvalue weighted by Crippen LogP contribution is -2.41. The van der Waals surface area contributed by atoms with Gasteiger partial charge in [0, 0.05) is 31.9 Å². The predicted molar refractivity (Wildman–Crippen MR) is 77.7 cm³/mol. The number of hydrogen-bond acceptors (Lipinski definition) is 3. The number of hydrogen-bond donors (Lipinski definition) is 1. The van der Waals surface area contributed by atoms with Crippen LogP contribution in [0.4, 0.5) is 4.39 Å². The fourth-order valence-electron chi connectivity index (χ4n) is 2.54. The van der Waals surface area contributed by atoms with Crippen molar-refractivity contribution in [1.82, 2.24) is 4.90 Å². The molecule has 0 radical (unpaired) electrons. The molecule has 1 aromatic carbocycles.